The number of fused-ring (bicyclic) bond motifs is 2. The van der Waals surface area contributed by atoms with Crippen LogP contribution in [0.5, 0.6) is 5.88 Å². The molecule has 3 heterocycles. The standard InChI is InChI=1S/C24H26FN5O4/c1-11-17(9-29-23-22(11)27-3-4-34-23)16-7-14-8-19(28-10-18(14)21(26)20(16)25)30(24(32)33)15-5-13(6-15)12(2)31/h7-10,12-13,15,27,31H,3-6,26H2,1-2H3,(H,32,33). The Hall–Kier alpha value is -3.66. The van der Waals surface area contributed by atoms with Crippen LogP contribution in [0.4, 0.5) is 26.4 Å². The summed E-state index contributed by atoms with van der Waals surface area (Å²) in [6, 6.07) is 2.98. The van der Waals surface area contributed by atoms with Crippen molar-refractivity contribution in [2.45, 2.75) is 38.8 Å². The van der Waals surface area contributed by atoms with E-state index in [0.717, 1.165) is 5.56 Å². The van der Waals surface area contributed by atoms with Gasteiger partial charge in [-0.1, -0.05) is 0 Å². The van der Waals surface area contributed by atoms with Gasteiger partial charge in [-0.3, -0.25) is 4.90 Å². The van der Waals surface area contributed by atoms with Crippen molar-refractivity contribution in [3.63, 3.8) is 0 Å². The summed E-state index contributed by atoms with van der Waals surface area (Å²) < 4.78 is 20.9. The molecule has 0 radical (unpaired) electrons. The van der Waals surface area contributed by atoms with Crippen LogP contribution in [-0.4, -0.2) is 51.6 Å². The molecule has 9 nitrogen and oxygen atoms in total. The number of amides is 1. The van der Waals surface area contributed by atoms with Gasteiger partial charge in [-0.05, 0) is 55.7 Å². The normalized spacial score (nSPS) is 20.0. The zero-order valence-electron chi connectivity index (χ0n) is 18.9. The van der Waals surface area contributed by atoms with Crippen molar-refractivity contribution in [1.29, 1.82) is 0 Å². The summed E-state index contributed by atoms with van der Waals surface area (Å²) in [5.41, 5.74) is 8.41. The molecule has 5 N–H and O–H groups in total. The number of nitrogens with one attached hydrogen (secondary N) is 1. The number of nitrogen functional groups attached to an aromatic ring is 1. The van der Waals surface area contributed by atoms with Gasteiger partial charge in [0.1, 0.15) is 18.1 Å². The van der Waals surface area contributed by atoms with Gasteiger partial charge in [-0.15, -0.1) is 0 Å². The monoisotopic (exact) mass is 467 g/mol. The number of pyridine rings is 2. The molecule has 0 bridgehead atoms. The number of carboxylic acid groups (broad SMARTS) is 1. The molecule has 1 aliphatic heterocycles. The van der Waals surface area contributed by atoms with Crippen molar-refractivity contribution in [3.05, 3.63) is 35.9 Å². The lowest BCUT2D eigenvalue weighted by Gasteiger charge is -2.42. The molecule has 10 heteroatoms. The number of ether oxygens (including phenoxy) is 1. The van der Waals surface area contributed by atoms with E-state index in [1.165, 1.54) is 11.1 Å². The summed E-state index contributed by atoms with van der Waals surface area (Å²) in [7, 11) is 0. The number of hydrogen-bond acceptors (Lipinski definition) is 7. The number of nitrogens with zero attached hydrogens (tertiary/aromatic N) is 3. The van der Waals surface area contributed by atoms with E-state index in [-0.39, 0.29) is 29.0 Å². The van der Waals surface area contributed by atoms with Crippen LogP contribution in [0.25, 0.3) is 21.9 Å². The summed E-state index contributed by atoms with van der Waals surface area (Å²) >= 11 is 0. The fraction of sp³-hybridized carbons (Fsp3) is 0.375. The molecule has 0 spiro atoms. The van der Waals surface area contributed by atoms with E-state index in [4.69, 9.17) is 10.5 Å². The lowest BCUT2D eigenvalue weighted by atomic mass is 9.76. The quantitative estimate of drug-likeness (QED) is 0.426. The van der Waals surface area contributed by atoms with Crippen molar-refractivity contribution < 1.29 is 24.1 Å². The highest BCUT2D eigenvalue weighted by atomic mass is 19.1. The van der Waals surface area contributed by atoms with Crippen LogP contribution in [0.1, 0.15) is 25.3 Å². The largest absolute Gasteiger partial charge is 0.474 e. The Labute approximate surface area is 195 Å². The third-order valence-corrected chi connectivity index (χ3v) is 6.87. The van der Waals surface area contributed by atoms with E-state index in [9.17, 15) is 15.0 Å². The number of aliphatic hydroxyl groups excluding tert-OH is 1. The van der Waals surface area contributed by atoms with Crippen LogP contribution < -0.4 is 20.7 Å². The highest BCUT2D eigenvalue weighted by Gasteiger charge is 2.39. The maximum atomic E-state index is 15.4. The maximum absolute atomic E-state index is 15.4. The van der Waals surface area contributed by atoms with E-state index >= 15 is 4.39 Å². The van der Waals surface area contributed by atoms with Crippen molar-refractivity contribution >= 4 is 34.1 Å². The molecular weight excluding hydrogens is 441 g/mol. The van der Waals surface area contributed by atoms with Crippen LogP contribution in [0.2, 0.25) is 0 Å². The molecule has 0 saturated heterocycles. The number of carbonyl (C=O) groups is 1. The van der Waals surface area contributed by atoms with Crippen LogP contribution >= 0.6 is 0 Å². The van der Waals surface area contributed by atoms with Crippen LogP contribution in [-0.2, 0) is 0 Å². The average molecular weight is 468 g/mol. The van der Waals surface area contributed by atoms with Crippen LogP contribution in [0, 0.1) is 18.7 Å². The second-order valence-corrected chi connectivity index (χ2v) is 8.95. The van der Waals surface area contributed by atoms with Gasteiger partial charge in [0.25, 0.3) is 0 Å². The topological polar surface area (TPSA) is 134 Å². The molecule has 1 atom stereocenters. The van der Waals surface area contributed by atoms with Crippen LogP contribution in [0.15, 0.2) is 24.5 Å². The Morgan fingerprint density at radius 1 is 1.29 bits per heavy atom. The van der Waals surface area contributed by atoms with Crippen molar-refractivity contribution in [2.24, 2.45) is 5.92 Å². The Morgan fingerprint density at radius 3 is 2.76 bits per heavy atom. The van der Waals surface area contributed by atoms with E-state index in [0.29, 0.717) is 53.9 Å². The van der Waals surface area contributed by atoms with Gasteiger partial charge in [-0.25, -0.2) is 19.2 Å². The molecular formula is C24H26FN5O4. The van der Waals surface area contributed by atoms with Crippen LogP contribution in [0.3, 0.4) is 0 Å². The molecule has 1 aromatic carbocycles. The van der Waals surface area contributed by atoms with Gasteiger partial charge >= 0.3 is 6.09 Å². The molecule has 178 valence electrons. The molecule has 1 saturated carbocycles. The average Bonchev–Trinajstić information content (AvgIpc) is 2.78. The number of benzene rings is 1. The molecule has 3 aromatic rings. The fourth-order valence-electron chi connectivity index (χ4n) is 4.78. The summed E-state index contributed by atoms with van der Waals surface area (Å²) in [5, 5.41) is 23.8. The van der Waals surface area contributed by atoms with Gasteiger partial charge in [0.05, 0.1) is 11.8 Å². The lowest BCUT2D eigenvalue weighted by molar-refractivity contribution is 0.0624. The molecule has 2 aromatic heterocycles. The third-order valence-electron chi connectivity index (χ3n) is 6.87. The van der Waals surface area contributed by atoms with E-state index < -0.39 is 18.0 Å². The van der Waals surface area contributed by atoms with E-state index in [1.807, 2.05) is 6.92 Å². The van der Waals surface area contributed by atoms with Gasteiger partial charge < -0.3 is 26.0 Å². The van der Waals surface area contributed by atoms with E-state index in [1.54, 1.807) is 25.3 Å². The Balaban J connectivity index is 1.58. The first-order valence-electron chi connectivity index (χ1n) is 11.2. The highest BCUT2D eigenvalue weighted by molar-refractivity contribution is 5.99. The van der Waals surface area contributed by atoms with Crippen molar-refractivity contribution in [2.75, 3.05) is 29.1 Å². The SMILES string of the molecule is Cc1c(-c2cc3cc(N(C(=O)O)C4CC(C(C)O)C4)ncc3c(N)c2F)cnc2c1NCCO2. The number of aromatic nitrogens is 2. The Kier molecular flexibility index (Phi) is 5.40. The smallest absolute Gasteiger partial charge is 0.413 e. The molecule has 1 aliphatic carbocycles. The minimum Gasteiger partial charge on any atom is -0.474 e. The predicted molar refractivity (Wildman–Crippen MR) is 127 cm³/mol. The number of aliphatic hydroxyl groups is 1. The molecule has 2 aliphatic rings. The zero-order chi connectivity index (χ0) is 24.1. The number of nitrogens with two attached hydrogens (primary N) is 1. The van der Waals surface area contributed by atoms with Crippen molar-refractivity contribution in [3.8, 4) is 17.0 Å². The van der Waals surface area contributed by atoms with Crippen molar-refractivity contribution in [1.82, 2.24) is 9.97 Å². The molecule has 1 fully saturated rings. The minimum atomic E-state index is -1.13. The van der Waals surface area contributed by atoms with Gasteiger partial charge in [0, 0.05) is 41.5 Å². The maximum Gasteiger partial charge on any atom is 0.413 e. The van der Waals surface area contributed by atoms with Gasteiger partial charge in [0.2, 0.25) is 5.88 Å². The second-order valence-electron chi connectivity index (χ2n) is 8.95. The first kappa shape index (κ1) is 22.1. The zero-order valence-corrected chi connectivity index (χ0v) is 18.9. The van der Waals surface area contributed by atoms with Gasteiger partial charge in [0.15, 0.2) is 5.82 Å². The molecule has 34 heavy (non-hydrogen) atoms. The first-order valence-corrected chi connectivity index (χ1v) is 11.2. The first-order chi connectivity index (χ1) is 16.3. The molecule has 1 amide bonds. The number of halogens is 1. The summed E-state index contributed by atoms with van der Waals surface area (Å²) in [6.07, 6.45) is 2.44. The number of hydrogen-bond donors (Lipinski definition) is 4. The third kappa shape index (κ3) is 3.54. The minimum absolute atomic E-state index is 0.0562. The Bertz CT molecular complexity index is 1290. The molecule has 1 unspecified atom stereocenters. The Morgan fingerprint density at radius 2 is 2.06 bits per heavy atom. The van der Waals surface area contributed by atoms with Gasteiger partial charge in [-0.2, -0.15) is 0 Å². The van der Waals surface area contributed by atoms with E-state index in [2.05, 4.69) is 15.3 Å². The summed E-state index contributed by atoms with van der Waals surface area (Å²) in [5.74, 6) is 0.181. The number of rotatable bonds is 4. The number of anilines is 3. The molecule has 5 rings (SSSR count). The highest BCUT2D eigenvalue weighted by Crippen LogP contribution is 2.41. The second kappa shape index (κ2) is 8.28. The predicted octanol–water partition coefficient (Wildman–Crippen LogP) is 3.77. The fourth-order valence-corrected chi connectivity index (χ4v) is 4.78. The summed E-state index contributed by atoms with van der Waals surface area (Å²) in [4.78, 5) is 21.9. The lowest BCUT2D eigenvalue weighted by Crippen LogP contribution is -2.50. The summed E-state index contributed by atoms with van der Waals surface area (Å²) in [6.45, 7) is 4.69.